The Labute approximate surface area is 165 Å². The number of halogens is 5. The SMILES string of the molecule is COC(=O)c1cc(NC(=O)/C=C/c2cc(Br)ccc2OC(F)F)c(F)cc1F. The summed E-state index contributed by atoms with van der Waals surface area (Å²) in [5, 5.41) is 2.13. The van der Waals surface area contributed by atoms with Crippen molar-refractivity contribution in [3.05, 3.63) is 63.6 Å². The topological polar surface area (TPSA) is 64.6 Å². The molecular formula is C18H12BrF4NO4. The summed E-state index contributed by atoms with van der Waals surface area (Å²) in [6.07, 6.45) is 2.10. The second-order valence-corrected chi connectivity index (χ2v) is 6.10. The molecule has 0 atom stereocenters. The minimum Gasteiger partial charge on any atom is -0.465 e. The molecule has 0 heterocycles. The van der Waals surface area contributed by atoms with Gasteiger partial charge in [-0.15, -0.1) is 0 Å². The molecule has 5 nitrogen and oxygen atoms in total. The predicted octanol–water partition coefficient (Wildman–Crippen LogP) is 4.77. The highest BCUT2D eigenvalue weighted by atomic mass is 79.9. The van der Waals surface area contributed by atoms with E-state index in [9.17, 15) is 27.2 Å². The van der Waals surface area contributed by atoms with E-state index in [1.54, 1.807) is 0 Å². The number of esters is 1. The first-order valence-corrected chi connectivity index (χ1v) is 8.31. The van der Waals surface area contributed by atoms with E-state index in [2.05, 4.69) is 30.7 Å². The lowest BCUT2D eigenvalue weighted by atomic mass is 10.1. The normalized spacial score (nSPS) is 11.0. The zero-order chi connectivity index (χ0) is 20.8. The predicted molar refractivity (Wildman–Crippen MR) is 96.1 cm³/mol. The van der Waals surface area contributed by atoms with E-state index in [4.69, 9.17) is 0 Å². The van der Waals surface area contributed by atoms with E-state index in [1.807, 2.05) is 0 Å². The zero-order valence-corrected chi connectivity index (χ0v) is 15.7. The maximum absolute atomic E-state index is 13.8. The second kappa shape index (κ2) is 9.36. The quantitative estimate of drug-likeness (QED) is 0.382. The summed E-state index contributed by atoms with van der Waals surface area (Å²) in [5.41, 5.74) is -0.878. The Morgan fingerprint density at radius 3 is 2.50 bits per heavy atom. The van der Waals surface area contributed by atoms with Crippen molar-refractivity contribution in [3.8, 4) is 5.75 Å². The van der Waals surface area contributed by atoms with Gasteiger partial charge in [-0.25, -0.2) is 13.6 Å². The Balaban J connectivity index is 2.23. The molecule has 1 amide bonds. The number of benzene rings is 2. The lowest BCUT2D eigenvalue weighted by Crippen LogP contribution is -2.12. The number of rotatable bonds is 6. The number of hydrogen-bond donors (Lipinski definition) is 1. The van der Waals surface area contributed by atoms with Crippen LogP contribution in [0.4, 0.5) is 23.2 Å². The van der Waals surface area contributed by atoms with Crippen LogP contribution in [0.15, 0.2) is 40.9 Å². The summed E-state index contributed by atoms with van der Waals surface area (Å²) in [5.74, 6) is -4.35. The zero-order valence-electron chi connectivity index (χ0n) is 14.1. The van der Waals surface area contributed by atoms with Gasteiger partial charge in [0.1, 0.15) is 17.4 Å². The molecule has 2 rings (SSSR count). The van der Waals surface area contributed by atoms with Crippen LogP contribution in [0.5, 0.6) is 5.75 Å². The number of methoxy groups -OCH3 is 1. The van der Waals surface area contributed by atoms with Gasteiger partial charge in [-0.05, 0) is 30.3 Å². The highest BCUT2D eigenvalue weighted by molar-refractivity contribution is 9.10. The van der Waals surface area contributed by atoms with Crippen molar-refractivity contribution in [2.24, 2.45) is 0 Å². The molecule has 10 heteroatoms. The Morgan fingerprint density at radius 1 is 1.14 bits per heavy atom. The standard InChI is InChI=1S/C18H12BrF4NO4/c1-27-17(26)11-7-14(13(21)8-12(11)20)24-16(25)5-2-9-6-10(19)3-4-15(9)28-18(22)23/h2-8,18H,1H3,(H,24,25)/b5-2+. The smallest absolute Gasteiger partial charge is 0.387 e. The first-order chi connectivity index (χ1) is 13.2. The van der Waals surface area contributed by atoms with Crippen LogP contribution in [0.3, 0.4) is 0 Å². The third-order valence-electron chi connectivity index (χ3n) is 3.32. The first-order valence-electron chi connectivity index (χ1n) is 7.52. The number of carbonyl (C=O) groups is 2. The molecule has 0 fully saturated rings. The molecule has 0 aliphatic heterocycles. The summed E-state index contributed by atoms with van der Waals surface area (Å²) in [4.78, 5) is 23.5. The second-order valence-electron chi connectivity index (χ2n) is 5.19. The molecule has 148 valence electrons. The van der Waals surface area contributed by atoms with Crippen molar-refractivity contribution in [3.63, 3.8) is 0 Å². The Bertz CT molecular complexity index is 934. The van der Waals surface area contributed by atoms with Crippen LogP contribution in [-0.2, 0) is 9.53 Å². The van der Waals surface area contributed by atoms with Crippen LogP contribution in [0.25, 0.3) is 6.08 Å². The molecule has 0 saturated carbocycles. The van der Waals surface area contributed by atoms with Gasteiger partial charge in [0.05, 0.1) is 18.4 Å². The maximum atomic E-state index is 13.8. The Kier molecular flexibility index (Phi) is 7.16. The Hall–Kier alpha value is -2.88. The third kappa shape index (κ3) is 5.56. The van der Waals surface area contributed by atoms with Crippen molar-refractivity contribution >= 4 is 39.6 Å². The van der Waals surface area contributed by atoms with Gasteiger partial charge in [0.25, 0.3) is 0 Å². The number of anilines is 1. The molecule has 0 unspecified atom stereocenters. The van der Waals surface area contributed by atoms with Crippen LogP contribution < -0.4 is 10.1 Å². The van der Waals surface area contributed by atoms with Gasteiger partial charge in [0.15, 0.2) is 0 Å². The van der Waals surface area contributed by atoms with E-state index in [-0.39, 0.29) is 11.3 Å². The summed E-state index contributed by atoms with van der Waals surface area (Å²) in [6.45, 7) is -3.06. The average molecular weight is 462 g/mol. The number of amides is 1. The maximum Gasteiger partial charge on any atom is 0.387 e. The van der Waals surface area contributed by atoms with Gasteiger partial charge < -0.3 is 14.8 Å². The molecule has 1 N–H and O–H groups in total. The van der Waals surface area contributed by atoms with E-state index in [1.165, 1.54) is 24.3 Å². The molecule has 0 saturated heterocycles. The van der Waals surface area contributed by atoms with Crippen molar-refractivity contribution in [2.75, 3.05) is 12.4 Å². The highest BCUT2D eigenvalue weighted by Crippen LogP contribution is 2.26. The van der Waals surface area contributed by atoms with Gasteiger partial charge >= 0.3 is 12.6 Å². The van der Waals surface area contributed by atoms with Crippen LogP contribution in [0, 0.1) is 11.6 Å². The van der Waals surface area contributed by atoms with Crippen molar-refractivity contribution in [1.82, 2.24) is 0 Å². The Morgan fingerprint density at radius 2 is 1.86 bits per heavy atom. The molecule has 0 aliphatic rings. The summed E-state index contributed by atoms with van der Waals surface area (Å²) in [7, 11) is 1.02. The minimum absolute atomic E-state index is 0.152. The average Bonchev–Trinajstić information content (AvgIpc) is 2.63. The number of ether oxygens (including phenoxy) is 2. The molecular weight excluding hydrogens is 450 g/mol. The van der Waals surface area contributed by atoms with Gasteiger partial charge in [-0.3, -0.25) is 4.79 Å². The first kappa shape index (κ1) is 21.4. The van der Waals surface area contributed by atoms with Crippen LogP contribution in [-0.4, -0.2) is 25.6 Å². The van der Waals surface area contributed by atoms with Gasteiger partial charge in [0.2, 0.25) is 5.91 Å². The summed E-state index contributed by atoms with van der Waals surface area (Å²) >= 11 is 3.16. The molecule has 0 spiro atoms. The minimum atomic E-state index is -3.06. The van der Waals surface area contributed by atoms with E-state index < -0.39 is 41.4 Å². The largest absolute Gasteiger partial charge is 0.465 e. The third-order valence-corrected chi connectivity index (χ3v) is 3.82. The van der Waals surface area contributed by atoms with Gasteiger partial charge in [-0.1, -0.05) is 15.9 Å². The van der Waals surface area contributed by atoms with Crippen molar-refractivity contribution in [1.29, 1.82) is 0 Å². The summed E-state index contributed by atoms with van der Waals surface area (Å²) < 4.78 is 61.6. The number of nitrogens with one attached hydrogen (secondary N) is 1. The van der Waals surface area contributed by atoms with Crippen LogP contribution in [0.1, 0.15) is 15.9 Å². The van der Waals surface area contributed by atoms with Crippen LogP contribution >= 0.6 is 15.9 Å². The molecule has 0 radical (unpaired) electrons. The van der Waals surface area contributed by atoms with E-state index in [0.29, 0.717) is 10.5 Å². The molecule has 2 aromatic rings. The molecule has 0 aromatic heterocycles. The number of carbonyl (C=O) groups excluding carboxylic acids is 2. The summed E-state index contributed by atoms with van der Waals surface area (Å²) in [6, 6.07) is 5.38. The van der Waals surface area contributed by atoms with Gasteiger partial charge in [-0.2, -0.15) is 8.78 Å². The molecule has 0 aliphatic carbocycles. The highest BCUT2D eigenvalue weighted by Gasteiger charge is 2.17. The van der Waals surface area contributed by atoms with E-state index >= 15 is 0 Å². The number of alkyl halides is 2. The van der Waals surface area contributed by atoms with Crippen LogP contribution in [0.2, 0.25) is 0 Å². The van der Waals surface area contributed by atoms with Crippen molar-refractivity contribution < 1.29 is 36.6 Å². The molecule has 2 aromatic carbocycles. The fraction of sp³-hybridized carbons (Fsp3) is 0.111. The van der Waals surface area contributed by atoms with E-state index in [0.717, 1.165) is 19.3 Å². The lowest BCUT2D eigenvalue weighted by Gasteiger charge is -2.09. The molecule has 28 heavy (non-hydrogen) atoms. The monoisotopic (exact) mass is 461 g/mol. The van der Waals surface area contributed by atoms with Gasteiger partial charge in [0, 0.05) is 22.2 Å². The fourth-order valence-corrected chi connectivity index (χ4v) is 2.48. The molecule has 0 bridgehead atoms. The lowest BCUT2D eigenvalue weighted by molar-refractivity contribution is -0.111. The number of hydrogen-bond acceptors (Lipinski definition) is 4. The van der Waals surface area contributed by atoms with Crippen molar-refractivity contribution in [2.45, 2.75) is 6.61 Å². The fourth-order valence-electron chi connectivity index (χ4n) is 2.10.